The van der Waals surface area contributed by atoms with Gasteiger partial charge in [-0.15, -0.1) is 0 Å². The van der Waals surface area contributed by atoms with Gasteiger partial charge in [-0.2, -0.15) is 0 Å². The average Bonchev–Trinajstić information content (AvgIpc) is 2.86. The molecule has 0 bridgehead atoms. The number of hydrogen-bond donors (Lipinski definition) is 0. The molecule has 2 aliphatic heterocycles. The zero-order valence-electron chi connectivity index (χ0n) is 21.0. The largest absolute Gasteiger partial charge is 0.493 e. The second-order valence-corrected chi connectivity index (χ2v) is 9.39. The number of benzene rings is 2. The predicted molar refractivity (Wildman–Crippen MR) is 136 cm³/mol. The van der Waals surface area contributed by atoms with Gasteiger partial charge >= 0.3 is 0 Å². The van der Waals surface area contributed by atoms with E-state index in [9.17, 15) is 4.79 Å². The minimum atomic E-state index is 0.256. The molecule has 184 valence electrons. The summed E-state index contributed by atoms with van der Waals surface area (Å²) in [5, 5.41) is 0. The Kier molecular flexibility index (Phi) is 7.95. The van der Waals surface area contributed by atoms with Gasteiger partial charge in [0.1, 0.15) is 0 Å². The van der Waals surface area contributed by atoms with Crippen LogP contribution in [0.3, 0.4) is 0 Å². The standard InChI is InChI=1S/C27H38N4O3/c1-21-6-5-7-24(16-21)30-12-8-29(9-13-30)20-27(32)31-14-10-28(11-15-31)19-23-18-26(34-4)25(33-3)17-22(23)2/h5-7,16-18H,8-15,19-20H2,1-4H3. The van der Waals surface area contributed by atoms with Gasteiger partial charge in [-0.1, -0.05) is 12.1 Å². The van der Waals surface area contributed by atoms with Crippen LogP contribution in [0.1, 0.15) is 16.7 Å². The van der Waals surface area contributed by atoms with Gasteiger partial charge in [-0.3, -0.25) is 14.6 Å². The Morgan fingerprint density at radius 2 is 1.47 bits per heavy atom. The highest BCUT2D eigenvalue weighted by Crippen LogP contribution is 2.31. The van der Waals surface area contributed by atoms with Gasteiger partial charge in [0.2, 0.25) is 5.91 Å². The molecular formula is C27H38N4O3. The molecule has 2 saturated heterocycles. The Hall–Kier alpha value is -2.77. The summed E-state index contributed by atoms with van der Waals surface area (Å²) < 4.78 is 10.9. The van der Waals surface area contributed by atoms with E-state index >= 15 is 0 Å². The topological polar surface area (TPSA) is 48.5 Å². The molecule has 7 heteroatoms. The van der Waals surface area contributed by atoms with E-state index in [2.05, 4.69) is 58.9 Å². The van der Waals surface area contributed by atoms with Gasteiger partial charge < -0.3 is 19.3 Å². The van der Waals surface area contributed by atoms with Crippen molar-refractivity contribution in [1.82, 2.24) is 14.7 Å². The van der Waals surface area contributed by atoms with Gasteiger partial charge in [-0.25, -0.2) is 0 Å². The first-order valence-electron chi connectivity index (χ1n) is 12.2. The number of ether oxygens (including phenoxy) is 2. The van der Waals surface area contributed by atoms with Crippen molar-refractivity contribution >= 4 is 11.6 Å². The van der Waals surface area contributed by atoms with E-state index in [1.54, 1.807) is 14.2 Å². The third-order valence-corrected chi connectivity index (χ3v) is 7.06. The van der Waals surface area contributed by atoms with Crippen molar-refractivity contribution in [2.24, 2.45) is 0 Å². The number of carbonyl (C=O) groups excluding carboxylic acids is 1. The fourth-order valence-corrected chi connectivity index (χ4v) is 4.87. The molecule has 1 amide bonds. The summed E-state index contributed by atoms with van der Waals surface area (Å²) in [6.07, 6.45) is 0. The molecule has 0 aliphatic carbocycles. The molecule has 2 aromatic rings. The highest BCUT2D eigenvalue weighted by Gasteiger charge is 2.25. The normalized spacial score (nSPS) is 17.6. The first-order chi connectivity index (χ1) is 16.5. The van der Waals surface area contributed by atoms with Crippen LogP contribution in [-0.2, 0) is 11.3 Å². The Morgan fingerprint density at radius 1 is 0.824 bits per heavy atom. The maximum absolute atomic E-state index is 13.0. The van der Waals surface area contributed by atoms with Crippen LogP contribution < -0.4 is 14.4 Å². The number of methoxy groups -OCH3 is 2. The average molecular weight is 467 g/mol. The van der Waals surface area contributed by atoms with Crippen LogP contribution in [0.25, 0.3) is 0 Å². The number of carbonyl (C=O) groups is 1. The van der Waals surface area contributed by atoms with Gasteiger partial charge in [-0.05, 0) is 54.8 Å². The lowest BCUT2D eigenvalue weighted by molar-refractivity contribution is -0.134. The summed E-state index contributed by atoms with van der Waals surface area (Å²) in [5.41, 5.74) is 5.01. The minimum Gasteiger partial charge on any atom is -0.493 e. The molecule has 0 spiro atoms. The van der Waals surface area contributed by atoms with E-state index in [1.165, 1.54) is 22.4 Å². The number of aryl methyl sites for hydroxylation is 2. The molecule has 34 heavy (non-hydrogen) atoms. The van der Waals surface area contributed by atoms with Crippen molar-refractivity contribution < 1.29 is 14.3 Å². The molecule has 2 fully saturated rings. The van der Waals surface area contributed by atoms with Crippen molar-refractivity contribution in [3.05, 3.63) is 53.1 Å². The van der Waals surface area contributed by atoms with Crippen molar-refractivity contribution in [2.45, 2.75) is 20.4 Å². The van der Waals surface area contributed by atoms with E-state index in [1.807, 2.05) is 11.0 Å². The van der Waals surface area contributed by atoms with Crippen LogP contribution in [0.5, 0.6) is 11.5 Å². The maximum atomic E-state index is 13.0. The quantitative estimate of drug-likeness (QED) is 0.626. The molecule has 0 radical (unpaired) electrons. The van der Waals surface area contributed by atoms with Crippen LogP contribution in [0.15, 0.2) is 36.4 Å². The predicted octanol–water partition coefficient (Wildman–Crippen LogP) is 2.79. The van der Waals surface area contributed by atoms with Crippen LogP contribution in [0.2, 0.25) is 0 Å². The van der Waals surface area contributed by atoms with E-state index in [-0.39, 0.29) is 5.91 Å². The summed E-state index contributed by atoms with van der Waals surface area (Å²) >= 11 is 0. The summed E-state index contributed by atoms with van der Waals surface area (Å²) in [5.74, 6) is 1.78. The zero-order chi connectivity index (χ0) is 24.1. The van der Waals surface area contributed by atoms with Crippen molar-refractivity contribution in [1.29, 1.82) is 0 Å². The lowest BCUT2D eigenvalue weighted by Crippen LogP contribution is -2.53. The van der Waals surface area contributed by atoms with E-state index in [4.69, 9.17) is 9.47 Å². The van der Waals surface area contributed by atoms with E-state index < -0.39 is 0 Å². The van der Waals surface area contributed by atoms with Gasteiger partial charge in [0, 0.05) is 64.6 Å². The molecule has 2 aliphatic rings. The Labute approximate surface area is 203 Å². The van der Waals surface area contributed by atoms with Crippen molar-refractivity contribution in [2.75, 3.05) is 78.0 Å². The SMILES string of the molecule is COc1cc(C)c(CN2CCN(C(=O)CN3CCN(c4cccc(C)c4)CC3)CC2)cc1OC. The van der Waals surface area contributed by atoms with Gasteiger partial charge in [0.15, 0.2) is 11.5 Å². The number of amides is 1. The first kappa shape index (κ1) is 24.4. The molecule has 2 aromatic carbocycles. The van der Waals surface area contributed by atoms with Crippen LogP contribution in [-0.4, -0.2) is 93.7 Å². The highest BCUT2D eigenvalue weighted by molar-refractivity contribution is 5.78. The number of piperazine rings is 2. The molecule has 0 atom stereocenters. The first-order valence-corrected chi connectivity index (χ1v) is 12.2. The second kappa shape index (κ2) is 11.1. The summed E-state index contributed by atoms with van der Waals surface area (Å²) in [4.78, 5) is 22.1. The molecule has 0 saturated carbocycles. The fourth-order valence-electron chi connectivity index (χ4n) is 4.87. The fraction of sp³-hybridized carbons (Fsp3) is 0.519. The van der Waals surface area contributed by atoms with E-state index in [0.717, 1.165) is 70.4 Å². The monoisotopic (exact) mass is 466 g/mol. The van der Waals surface area contributed by atoms with Gasteiger partial charge in [0.05, 0.1) is 20.8 Å². The summed E-state index contributed by atoms with van der Waals surface area (Å²) in [6, 6.07) is 12.8. The molecule has 2 heterocycles. The third-order valence-electron chi connectivity index (χ3n) is 7.06. The molecule has 0 N–H and O–H groups in total. The summed E-state index contributed by atoms with van der Waals surface area (Å²) in [6.45, 7) is 12.8. The summed E-state index contributed by atoms with van der Waals surface area (Å²) in [7, 11) is 3.33. The maximum Gasteiger partial charge on any atom is 0.236 e. The smallest absolute Gasteiger partial charge is 0.236 e. The lowest BCUT2D eigenvalue weighted by Gasteiger charge is -2.38. The van der Waals surface area contributed by atoms with Gasteiger partial charge in [0.25, 0.3) is 0 Å². The van der Waals surface area contributed by atoms with Crippen LogP contribution in [0.4, 0.5) is 5.69 Å². The number of nitrogens with zero attached hydrogens (tertiary/aromatic N) is 4. The number of hydrogen-bond acceptors (Lipinski definition) is 6. The Balaban J connectivity index is 1.23. The Morgan fingerprint density at radius 3 is 2.12 bits per heavy atom. The van der Waals surface area contributed by atoms with Crippen molar-refractivity contribution in [3.63, 3.8) is 0 Å². The lowest BCUT2D eigenvalue weighted by atomic mass is 10.1. The second-order valence-electron chi connectivity index (χ2n) is 9.39. The van der Waals surface area contributed by atoms with Crippen LogP contribution in [0, 0.1) is 13.8 Å². The van der Waals surface area contributed by atoms with E-state index in [0.29, 0.717) is 6.54 Å². The Bertz CT molecular complexity index is 980. The molecule has 0 unspecified atom stereocenters. The molecule has 0 aromatic heterocycles. The third kappa shape index (κ3) is 5.83. The molecular weight excluding hydrogens is 428 g/mol. The van der Waals surface area contributed by atoms with Crippen LogP contribution >= 0.6 is 0 Å². The van der Waals surface area contributed by atoms with Crippen molar-refractivity contribution in [3.8, 4) is 11.5 Å². The minimum absolute atomic E-state index is 0.256. The highest BCUT2D eigenvalue weighted by atomic mass is 16.5. The molecule has 4 rings (SSSR count). The number of anilines is 1. The zero-order valence-corrected chi connectivity index (χ0v) is 21.0. The number of rotatable bonds is 7. The molecule has 7 nitrogen and oxygen atoms in total.